The molecule has 3 aromatic heterocycles. The van der Waals surface area contributed by atoms with E-state index in [-0.39, 0.29) is 5.91 Å². The molecule has 1 fully saturated rings. The number of aromatic nitrogens is 6. The third-order valence-corrected chi connectivity index (χ3v) is 5.13. The fourth-order valence-electron chi connectivity index (χ4n) is 2.94. The Morgan fingerprint density at radius 2 is 1.88 bits per heavy atom. The number of aryl methyl sites for hydroxylation is 2. The smallest absolute Gasteiger partial charge is 0.267 e. The fraction of sp³-hybridized carbons (Fsp3) is 0.375. The van der Waals surface area contributed by atoms with Crippen molar-refractivity contribution in [1.29, 1.82) is 0 Å². The van der Waals surface area contributed by atoms with Crippen molar-refractivity contribution in [2.24, 2.45) is 0 Å². The second-order valence-corrected chi connectivity index (χ2v) is 6.82. The molecule has 4 heterocycles. The van der Waals surface area contributed by atoms with Crippen molar-refractivity contribution in [2.45, 2.75) is 13.8 Å². The predicted molar refractivity (Wildman–Crippen MR) is 96.7 cm³/mol. The largest absolute Gasteiger partial charge is 0.353 e. The van der Waals surface area contributed by atoms with Crippen LogP contribution in [0.4, 0.5) is 5.82 Å². The first kappa shape index (κ1) is 16.6. The van der Waals surface area contributed by atoms with Gasteiger partial charge < -0.3 is 9.80 Å². The van der Waals surface area contributed by atoms with E-state index in [0.29, 0.717) is 29.5 Å². The van der Waals surface area contributed by atoms with Gasteiger partial charge in [-0.25, -0.2) is 15.0 Å². The van der Waals surface area contributed by atoms with Crippen LogP contribution in [0.3, 0.4) is 0 Å². The van der Waals surface area contributed by atoms with E-state index in [9.17, 15) is 4.79 Å². The van der Waals surface area contributed by atoms with Gasteiger partial charge in [-0.3, -0.25) is 9.36 Å². The number of nitrogens with zero attached hydrogens (tertiary/aromatic N) is 8. The number of amides is 1. The van der Waals surface area contributed by atoms with Crippen LogP contribution in [0.2, 0.25) is 0 Å². The summed E-state index contributed by atoms with van der Waals surface area (Å²) in [6.45, 7) is 6.41. The third kappa shape index (κ3) is 3.15. The number of imidazole rings is 1. The fourth-order valence-corrected chi connectivity index (χ4v) is 3.56. The molecule has 134 valence electrons. The molecule has 0 unspecified atom stereocenters. The van der Waals surface area contributed by atoms with Crippen LogP contribution in [-0.2, 0) is 0 Å². The average Bonchev–Trinajstić information content (AvgIpc) is 3.32. The Morgan fingerprint density at radius 1 is 1.12 bits per heavy atom. The Hall–Kier alpha value is -2.88. The molecule has 0 N–H and O–H groups in total. The zero-order valence-electron chi connectivity index (χ0n) is 14.5. The highest BCUT2D eigenvalue weighted by atomic mass is 32.1. The molecule has 0 spiro atoms. The van der Waals surface area contributed by atoms with Crippen LogP contribution in [-0.4, -0.2) is 66.1 Å². The van der Waals surface area contributed by atoms with Crippen LogP contribution in [0, 0.1) is 13.8 Å². The van der Waals surface area contributed by atoms with Crippen LogP contribution in [0.5, 0.6) is 0 Å². The van der Waals surface area contributed by atoms with Crippen molar-refractivity contribution in [1.82, 2.24) is 34.0 Å². The number of carbonyl (C=O) groups excluding carboxylic acids is 1. The molecule has 1 aliphatic heterocycles. The van der Waals surface area contributed by atoms with Gasteiger partial charge in [0.25, 0.3) is 5.91 Å². The van der Waals surface area contributed by atoms with Gasteiger partial charge >= 0.3 is 0 Å². The average molecular weight is 370 g/mol. The van der Waals surface area contributed by atoms with Crippen molar-refractivity contribution in [3.63, 3.8) is 0 Å². The highest BCUT2D eigenvalue weighted by Crippen LogP contribution is 2.19. The van der Waals surface area contributed by atoms with Gasteiger partial charge in [-0.2, -0.15) is 0 Å². The van der Waals surface area contributed by atoms with Crippen LogP contribution < -0.4 is 4.90 Å². The van der Waals surface area contributed by atoms with E-state index in [0.717, 1.165) is 36.3 Å². The molecule has 1 aliphatic rings. The van der Waals surface area contributed by atoms with Gasteiger partial charge in [-0.1, -0.05) is 4.49 Å². The molecular formula is C16H18N8OS. The first-order valence-corrected chi connectivity index (χ1v) is 9.06. The molecular weight excluding hydrogens is 352 g/mol. The molecule has 1 amide bonds. The minimum absolute atomic E-state index is 0.00937. The van der Waals surface area contributed by atoms with Gasteiger partial charge in [0, 0.05) is 44.6 Å². The number of anilines is 1. The summed E-state index contributed by atoms with van der Waals surface area (Å²) in [6, 6.07) is 1.95. The molecule has 0 bridgehead atoms. The Labute approximate surface area is 154 Å². The highest BCUT2D eigenvalue weighted by Gasteiger charge is 2.25. The van der Waals surface area contributed by atoms with Crippen molar-refractivity contribution >= 4 is 23.3 Å². The van der Waals surface area contributed by atoms with E-state index in [1.165, 1.54) is 0 Å². The summed E-state index contributed by atoms with van der Waals surface area (Å²) in [4.78, 5) is 30.3. The quantitative estimate of drug-likeness (QED) is 0.681. The maximum atomic E-state index is 12.6. The summed E-state index contributed by atoms with van der Waals surface area (Å²) in [5.41, 5.74) is 0.693. The summed E-state index contributed by atoms with van der Waals surface area (Å²) in [6.07, 6.45) is 5.29. The first-order valence-electron chi connectivity index (χ1n) is 8.29. The summed E-state index contributed by atoms with van der Waals surface area (Å²) in [7, 11) is 0. The molecule has 4 rings (SSSR count). The van der Waals surface area contributed by atoms with E-state index in [4.69, 9.17) is 0 Å². The lowest BCUT2D eigenvalue weighted by Crippen LogP contribution is -2.49. The Bertz CT molecular complexity index is 914. The van der Waals surface area contributed by atoms with Gasteiger partial charge in [0.05, 0.1) is 5.69 Å². The van der Waals surface area contributed by atoms with Crippen molar-refractivity contribution in [3.8, 4) is 5.82 Å². The summed E-state index contributed by atoms with van der Waals surface area (Å²) in [5.74, 6) is 2.37. The number of hydrogen-bond acceptors (Lipinski definition) is 8. The van der Waals surface area contributed by atoms with Gasteiger partial charge in [0.2, 0.25) is 0 Å². The Balaban J connectivity index is 1.48. The second kappa shape index (κ2) is 6.79. The molecule has 9 nitrogen and oxygen atoms in total. The van der Waals surface area contributed by atoms with Crippen LogP contribution in [0.25, 0.3) is 5.82 Å². The lowest BCUT2D eigenvalue weighted by molar-refractivity contribution is 0.0750. The van der Waals surface area contributed by atoms with E-state index >= 15 is 0 Å². The molecule has 0 atom stereocenters. The van der Waals surface area contributed by atoms with E-state index in [1.807, 2.05) is 35.6 Å². The molecule has 26 heavy (non-hydrogen) atoms. The Kier molecular flexibility index (Phi) is 4.33. The minimum Gasteiger partial charge on any atom is -0.353 e. The molecule has 0 aliphatic carbocycles. The van der Waals surface area contributed by atoms with Crippen LogP contribution in [0.15, 0.2) is 24.8 Å². The van der Waals surface area contributed by atoms with Gasteiger partial charge in [0.1, 0.15) is 28.7 Å². The van der Waals surface area contributed by atoms with Crippen molar-refractivity contribution in [2.75, 3.05) is 31.1 Å². The Morgan fingerprint density at radius 3 is 2.54 bits per heavy atom. The van der Waals surface area contributed by atoms with E-state index < -0.39 is 0 Å². The maximum absolute atomic E-state index is 12.6. The zero-order valence-corrected chi connectivity index (χ0v) is 15.3. The molecule has 10 heteroatoms. The molecule has 0 saturated carbocycles. The van der Waals surface area contributed by atoms with Crippen LogP contribution >= 0.6 is 11.5 Å². The zero-order chi connectivity index (χ0) is 18.1. The monoisotopic (exact) mass is 370 g/mol. The highest BCUT2D eigenvalue weighted by molar-refractivity contribution is 7.07. The first-order chi connectivity index (χ1) is 12.6. The van der Waals surface area contributed by atoms with E-state index in [2.05, 4.69) is 29.4 Å². The third-order valence-electron chi connectivity index (χ3n) is 4.32. The normalized spacial score (nSPS) is 14.7. The SMILES string of the molecule is Cc1nc(N2CCN(C(=O)c3snnc3C)CC2)cc(-n2ccnc2)n1. The number of rotatable bonds is 3. The summed E-state index contributed by atoms with van der Waals surface area (Å²) in [5, 5.41) is 3.93. The van der Waals surface area contributed by atoms with Gasteiger partial charge in [-0.05, 0) is 25.4 Å². The number of hydrogen-bond donors (Lipinski definition) is 0. The predicted octanol–water partition coefficient (Wildman–Crippen LogP) is 1.09. The topological polar surface area (TPSA) is 92.9 Å². The standard InChI is InChI=1S/C16H18N8OS/c1-11-15(26-21-20-11)16(25)23-7-5-22(6-8-23)13-9-14(19-12(2)18-13)24-4-3-17-10-24/h3-4,9-10H,5-8H2,1-2H3. The van der Waals surface area contributed by atoms with Crippen molar-refractivity contribution < 1.29 is 4.79 Å². The number of carbonyl (C=O) groups is 1. The molecule has 0 aromatic carbocycles. The second-order valence-electron chi connectivity index (χ2n) is 6.07. The minimum atomic E-state index is 0.00937. The summed E-state index contributed by atoms with van der Waals surface area (Å²) >= 11 is 1.16. The lowest BCUT2D eigenvalue weighted by atomic mass is 10.2. The maximum Gasteiger partial charge on any atom is 0.267 e. The van der Waals surface area contributed by atoms with E-state index in [1.54, 1.807) is 12.5 Å². The van der Waals surface area contributed by atoms with Crippen LogP contribution in [0.1, 0.15) is 21.2 Å². The van der Waals surface area contributed by atoms with Crippen molar-refractivity contribution in [3.05, 3.63) is 41.2 Å². The number of piperazine rings is 1. The summed E-state index contributed by atoms with van der Waals surface area (Å²) < 4.78 is 5.71. The van der Waals surface area contributed by atoms with Gasteiger partial charge in [-0.15, -0.1) is 5.10 Å². The van der Waals surface area contributed by atoms with Gasteiger partial charge in [0.15, 0.2) is 0 Å². The molecule has 3 aromatic rings. The molecule has 0 radical (unpaired) electrons. The molecule has 1 saturated heterocycles. The lowest BCUT2D eigenvalue weighted by Gasteiger charge is -2.35.